The number of aromatic nitrogens is 2. The minimum Gasteiger partial charge on any atom is -0.396 e. The Hall–Kier alpha value is -1.91. The second-order valence-electron chi connectivity index (χ2n) is 3.22. The third-order valence-electron chi connectivity index (χ3n) is 1.98. The fourth-order valence-electron chi connectivity index (χ4n) is 1.29. The Balaban J connectivity index is 2.21. The van der Waals surface area contributed by atoms with E-state index in [1.54, 1.807) is 10.9 Å². The lowest BCUT2D eigenvalue weighted by Crippen LogP contribution is -2.00. The molecule has 0 unspecified atom stereocenters. The van der Waals surface area contributed by atoms with E-state index in [-0.39, 0.29) is 0 Å². The van der Waals surface area contributed by atoms with Gasteiger partial charge >= 0.3 is 0 Å². The van der Waals surface area contributed by atoms with Gasteiger partial charge in [0.25, 0.3) is 0 Å². The smallest absolute Gasteiger partial charge is 0.159 e. The van der Waals surface area contributed by atoms with Crippen molar-refractivity contribution in [2.45, 2.75) is 6.54 Å². The number of nitrogens with two attached hydrogens (primary N) is 1. The maximum Gasteiger partial charge on any atom is 0.159 e. The van der Waals surface area contributed by atoms with Crippen LogP contribution in [0.1, 0.15) is 5.56 Å². The third kappa shape index (κ3) is 2.12. The molecule has 1 aromatic carbocycles. The Morgan fingerprint density at radius 3 is 2.67 bits per heavy atom. The van der Waals surface area contributed by atoms with Crippen LogP contribution in [0.4, 0.5) is 14.5 Å². The van der Waals surface area contributed by atoms with Crippen molar-refractivity contribution in [3.63, 3.8) is 0 Å². The number of nitrogen functional groups attached to an aromatic ring is 1. The molecule has 0 fully saturated rings. The highest BCUT2D eigenvalue weighted by Crippen LogP contribution is 2.10. The number of anilines is 1. The molecule has 3 nitrogen and oxygen atoms in total. The zero-order valence-corrected chi connectivity index (χ0v) is 7.82. The zero-order valence-electron chi connectivity index (χ0n) is 7.82. The summed E-state index contributed by atoms with van der Waals surface area (Å²) in [6.07, 6.45) is 3.13. The number of nitrogens with zero attached hydrogens (tertiary/aromatic N) is 2. The van der Waals surface area contributed by atoms with Gasteiger partial charge in [-0.15, -0.1) is 0 Å². The van der Waals surface area contributed by atoms with Crippen LogP contribution in [0.2, 0.25) is 0 Å². The molecule has 0 saturated carbocycles. The molecule has 5 heteroatoms. The zero-order chi connectivity index (χ0) is 10.8. The van der Waals surface area contributed by atoms with Crippen LogP contribution in [0, 0.1) is 11.6 Å². The Bertz CT molecular complexity index is 479. The van der Waals surface area contributed by atoms with E-state index in [9.17, 15) is 8.78 Å². The van der Waals surface area contributed by atoms with Crippen LogP contribution >= 0.6 is 0 Å². The molecule has 0 radical (unpaired) electrons. The van der Waals surface area contributed by atoms with Crippen molar-refractivity contribution in [1.29, 1.82) is 0 Å². The molecule has 15 heavy (non-hydrogen) atoms. The van der Waals surface area contributed by atoms with Crippen molar-refractivity contribution in [1.82, 2.24) is 9.78 Å². The average Bonchev–Trinajstić information content (AvgIpc) is 2.58. The summed E-state index contributed by atoms with van der Waals surface area (Å²) >= 11 is 0. The van der Waals surface area contributed by atoms with Crippen molar-refractivity contribution in [2.24, 2.45) is 0 Å². The van der Waals surface area contributed by atoms with E-state index in [1.807, 2.05) is 0 Å². The molecular formula is C10H9F2N3. The lowest BCUT2D eigenvalue weighted by molar-refractivity contribution is 0.506. The molecule has 2 aromatic rings. The second-order valence-corrected chi connectivity index (χ2v) is 3.22. The second kappa shape index (κ2) is 3.68. The van der Waals surface area contributed by atoms with Gasteiger partial charge in [0.05, 0.1) is 18.4 Å². The number of hydrogen-bond acceptors (Lipinski definition) is 2. The van der Waals surface area contributed by atoms with E-state index in [0.717, 1.165) is 12.1 Å². The van der Waals surface area contributed by atoms with Crippen LogP contribution in [-0.4, -0.2) is 9.78 Å². The number of rotatable bonds is 2. The summed E-state index contributed by atoms with van der Waals surface area (Å²) in [7, 11) is 0. The quantitative estimate of drug-likeness (QED) is 0.819. The largest absolute Gasteiger partial charge is 0.396 e. The van der Waals surface area contributed by atoms with E-state index < -0.39 is 11.6 Å². The molecule has 2 rings (SSSR count). The fourth-order valence-corrected chi connectivity index (χ4v) is 1.29. The van der Waals surface area contributed by atoms with Gasteiger partial charge in [0.1, 0.15) is 0 Å². The highest BCUT2D eigenvalue weighted by atomic mass is 19.2. The molecule has 1 heterocycles. The molecule has 2 N–H and O–H groups in total. The van der Waals surface area contributed by atoms with Crippen LogP contribution in [-0.2, 0) is 6.54 Å². The number of benzene rings is 1. The van der Waals surface area contributed by atoms with Gasteiger partial charge in [-0.25, -0.2) is 8.78 Å². The molecule has 0 bridgehead atoms. The summed E-state index contributed by atoms with van der Waals surface area (Å²) < 4.78 is 27.0. The van der Waals surface area contributed by atoms with Gasteiger partial charge in [-0.2, -0.15) is 5.10 Å². The van der Waals surface area contributed by atoms with Gasteiger partial charge in [0.15, 0.2) is 11.6 Å². The van der Waals surface area contributed by atoms with E-state index >= 15 is 0 Å². The minimum atomic E-state index is -0.854. The normalized spacial score (nSPS) is 10.5. The molecular weight excluding hydrogens is 200 g/mol. The summed E-state index contributed by atoms with van der Waals surface area (Å²) in [4.78, 5) is 0. The highest BCUT2D eigenvalue weighted by Gasteiger charge is 2.03. The lowest BCUT2D eigenvalue weighted by Gasteiger charge is -2.02. The SMILES string of the molecule is Nc1cnn(Cc2ccc(F)c(F)c2)c1. The Morgan fingerprint density at radius 1 is 1.27 bits per heavy atom. The first-order valence-corrected chi connectivity index (χ1v) is 4.37. The summed E-state index contributed by atoms with van der Waals surface area (Å²) in [6, 6.07) is 3.75. The molecule has 0 amide bonds. The lowest BCUT2D eigenvalue weighted by atomic mass is 10.2. The number of halogens is 2. The van der Waals surface area contributed by atoms with E-state index in [0.29, 0.717) is 17.8 Å². The van der Waals surface area contributed by atoms with Crippen LogP contribution in [0.5, 0.6) is 0 Å². The maximum absolute atomic E-state index is 12.9. The maximum atomic E-state index is 12.9. The van der Waals surface area contributed by atoms with Crippen molar-refractivity contribution in [3.05, 3.63) is 47.8 Å². The van der Waals surface area contributed by atoms with Crippen molar-refractivity contribution in [2.75, 3.05) is 5.73 Å². The first kappa shape index (κ1) is 9.64. The standard InChI is InChI=1S/C10H9F2N3/c11-9-2-1-7(3-10(9)12)5-15-6-8(13)4-14-15/h1-4,6H,5,13H2. The first-order chi connectivity index (χ1) is 7.15. The van der Waals surface area contributed by atoms with E-state index in [2.05, 4.69) is 5.10 Å². The molecule has 0 aliphatic carbocycles. The van der Waals surface area contributed by atoms with E-state index in [1.165, 1.54) is 12.3 Å². The summed E-state index contributed by atoms with van der Waals surface area (Å²) in [5.74, 6) is -1.70. The summed E-state index contributed by atoms with van der Waals surface area (Å²) in [5, 5.41) is 3.94. The van der Waals surface area contributed by atoms with Gasteiger partial charge in [-0.3, -0.25) is 4.68 Å². The van der Waals surface area contributed by atoms with Gasteiger partial charge < -0.3 is 5.73 Å². The van der Waals surface area contributed by atoms with Crippen LogP contribution in [0.3, 0.4) is 0 Å². The number of hydrogen-bond donors (Lipinski definition) is 1. The first-order valence-electron chi connectivity index (χ1n) is 4.37. The minimum absolute atomic E-state index is 0.369. The molecule has 78 valence electrons. The Labute approximate surface area is 85.1 Å². The molecule has 0 aliphatic heterocycles. The Morgan fingerprint density at radius 2 is 2.07 bits per heavy atom. The summed E-state index contributed by atoms with van der Waals surface area (Å²) in [6.45, 7) is 0.369. The van der Waals surface area contributed by atoms with Crippen molar-refractivity contribution >= 4 is 5.69 Å². The van der Waals surface area contributed by atoms with Crippen LogP contribution in [0.15, 0.2) is 30.6 Å². The van der Waals surface area contributed by atoms with Crippen LogP contribution in [0.25, 0.3) is 0 Å². The molecule has 0 aliphatic rings. The molecule has 1 aromatic heterocycles. The predicted molar refractivity (Wildman–Crippen MR) is 52.1 cm³/mol. The van der Waals surface area contributed by atoms with Gasteiger partial charge in [-0.1, -0.05) is 6.07 Å². The topological polar surface area (TPSA) is 43.8 Å². The molecule has 0 saturated heterocycles. The fraction of sp³-hybridized carbons (Fsp3) is 0.100. The van der Waals surface area contributed by atoms with Crippen molar-refractivity contribution in [3.8, 4) is 0 Å². The van der Waals surface area contributed by atoms with Gasteiger partial charge in [-0.05, 0) is 17.7 Å². The molecule has 0 atom stereocenters. The van der Waals surface area contributed by atoms with Crippen molar-refractivity contribution < 1.29 is 8.78 Å². The molecule has 0 spiro atoms. The van der Waals surface area contributed by atoms with E-state index in [4.69, 9.17) is 5.73 Å². The van der Waals surface area contributed by atoms with Gasteiger partial charge in [0.2, 0.25) is 0 Å². The third-order valence-corrected chi connectivity index (χ3v) is 1.98. The Kier molecular flexibility index (Phi) is 2.37. The van der Waals surface area contributed by atoms with Crippen LogP contribution < -0.4 is 5.73 Å². The predicted octanol–water partition coefficient (Wildman–Crippen LogP) is 1.79. The average molecular weight is 209 g/mol. The highest BCUT2D eigenvalue weighted by molar-refractivity contribution is 5.31. The summed E-state index contributed by atoms with van der Waals surface area (Å²) in [5.41, 5.74) is 6.64. The monoisotopic (exact) mass is 209 g/mol. The van der Waals surface area contributed by atoms with Gasteiger partial charge in [0, 0.05) is 6.20 Å².